The Morgan fingerprint density at radius 2 is 2.00 bits per heavy atom. The van der Waals surface area contributed by atoms with Crippen molar-refractivity contribution in [3.05, 3.63) is 35.4 Å². The van der Waals surface area contributed by atoms with E-state index in [9.17, 15) is 9.59 Å². The number of ether oxygens (including phenoxy) is 1. The summed E-state index contributed by atoms with van der Waals surface area (Å²) in [5, 5.41) is 0. The maximum atomic E-state index is 10.7. The Kier molecular flexibility index (Phi) is 3.03. The molecule has 0 amide bonds. The second-order valence-electron chi connectivity index (χ2n) is 2.55. The van der Waals surface area contributed by atoms with Crippen LogP contribution in [0.3, 0.4) is 0 Å². The van der Waals surface area contributed by atoms with Gasteiger partial charge in [-0.1, -0.05) is 18.2 Å². The van der Waals surface area contributed by atoms with Crippen molar-refractivity contribution >= 4 is 11.8 Å². The van der Waals surface area contributed by atoms with Crippen LogP contribution in [-0.4, -0.2) is 18.9 Å². The summed E-state index contributed by atoms with van der Waals surface area (Å²) in [4.78, 5) is 20.4. The molecule has 1 aromatic rings. The SMILES string of the molecule is C#CC(=O)OC.O=C1c2cccc1c2. The standard InChI is InChI=1S/C7H4O.C4H4O2/c8-7-5-2-1-3-6(7)4-5;1-3-4(5)6-2/h1-4H;1H,2H3. The number of terminal acetylenes is 1. The highest BCUT2D eigenvalue weighted by Crippen LogP contribution is 2.19. The first-order valence-electron chi connectivity index (χ1n) is 3.88. The minimum Gasteiger partial charge on any atom is -0.459 e. The lowest BCUT2D eigenvalue weighted by Gasteiger charge is -2.10. The Hall–Kier alpha value is -2.08. The van der Waals surface area contributed by atoms with Crippen LogP contribution < -0.4 is 0 Å². The number of esters is 1. The molecule has 14 heavy (non-hydrogen) atoms. The molecule has 0 atom stereocenters. The van der Waals surface area contributed by atoms with Gasteiger partial charge in [0.25, 0.3) is 0 Å². The van der Waals surface area contributed by atoms with Crippen LogP contribution in [0, 0.1) is 12.3 Å². The third kappa shape index (κ3) is 1.99. The van der Waals surface area contributed by atoms with Gasteiger partial charge in [-0.2, -0.15) is 0 Å². The van der Waals surface area contributed by atoms with Gasteiger partial charge in [0, 0.05) is 17.0 Å². The zero-order chi connectivity index (χ0) is 10.6. The van der Waals surface area contributed by atoms with Crippen molar-refractivity contribution in [1.82, 2.24) is 0 Å². The van der Waals surface area contributed by atoms with Crippen molar-refractivity contribution in [2.45, 2.75) is 0 Å². The Balaban J connectivity index is 0.000000149. The lowest BCUT2D eigenvalue weighted by atomic mass is 9.92. The van der Waals surface area contributed by atoms with Crippen molar-refractivity contribution in [1.29, 1.82) is 0 Å². The predicted molar refractivity (Wildman–Crippen MR) is 50.7 cm³/mol. The summed E-state index contributed by atoms with van der Waals surface area (Å²) in [7, 11) is 1.24. The van der Waals surface area contributed by atoms with Crippen LogP contribution in [0.2, 0.25) is 0 Å². The molecular formula is C11H8O3. The van der Waals surface area contributed by atoms with Crippen LogP contribution in [0.4, 0.5) is 0 Å². The Morgan fingerprint density at radius 3 is 2.14 bits per heavy atom. The fourth-order valence-corrected chi connectivity index (χ4v) is 0.950. The van der Waals surface area contributed by atoms with Crippen molar-refractivity contribution in [3.8, 4) is 12.3 Å². The summed E-state index contributed by atoms with van der Waals surface area (Å²) in [6, 6.07) is 7.44. The molecule has 70 valence electrons. The zero-order valence-corrected chi connectivity index (χ0v) is 7.61. The third-order valence-electron chi connectivity index (χ3n) is 1.69. The second kappa shape index (κ2) is 4.24. The number of carbonyl (C=O) groups excluding carboxylic acids is 2. The third-order valence-corrected chi connectivity index (χ3v) is 1.69. The van der Waals surface area contributed by atoms with Crippen LogP contribution in [0.1, 0.15) is 15.9 Å². The Bertz CT molecular complexity index is 384. The average molecular weight is 188 g/mol. The van der Waals surface area contributed by atoms with Crippen molar-refractivity contribution < 1.29 is 14.3 Å². The average Bonchev–Trinajstić information content (AvgIpc) is 2.29. The highest BCUT2D eigenvalue weighted by Gasteiger charge is 2.17. The molecule has 0 radical (unpaired) electrons. The second-order valence-corrected chi connectivity index (χ2v) is 2.55. The summed E-state index contributed by atoms with van der Waals surface area (Å²) in [6.07, 6.45) is 4.56. The first-order valence-corrected chi connectivity index (χ1v) is 3.88. The number of fused-ring (bicyclic) bond motifs is 2. The number of hydrogen-bond acceptors (Lipinski definition) is 3. The number of benzene rings is 1. The van der Waals surface area contributed by atoms with E-state index in [1.165, 1.54) is 7.11 Å². The van der Waals surface area contributed by atoms with Crippen LogP contribution in [0.5, 0.6) is 0 Å². The monoisotopic (exact) mass is 188 g/mol. The fourth-order valence-electron chi connectivity index (χ4n) is 0.950. The molecule has 0 heterocycles. The highest BCUT2D eigenvalue weighted by atomic mass is 16.5. The minimum absolute atomic E-state index is 0.201. The van der Waals surface area contributed by atoms with Crippen molar-refractivity contribution in [3.63, 3.8) is 0 Å². The molecule has 1 aromatic carbocycles. The molecule has 0 aromatic heterocycles. The molecule has 3 nitrogen and oxygen atoms in total. The van der Waals surface area contributed by atoms with Crippen LogP contribution in [-0.2, 0) is 9.53 Å². The summed E-state index contributed by atoms with van der Waals surface area (Å²) in [5.74, 6) is 1.33. The molecule has 0 spiro atoms. The highest BCUT2D eigenvalue weighted by molar-refractivity contribution is 6.16. The van der Waals surface area contributed by atoms with E-state index in [-0.39, 0.29) is 5.78 Å². The van der Waals surface area contributed by atoms with E-state index in [1.54, 1.807) is 5.92 Å². The number of carbonyl (C=O) groups is 2. The van der Waals surface area contributed by atoms with Crippen molar-refractivity contribution in [2.75, 3.05) is 7.11 Å². The van der Waals surface area contributed by atoms with E-state index in [0.29, 0.717) is 0 Å². The summed E-state index contributed by atoms with van der Waals surface area (Å²) >= 11 is 0. The summed E-state index contributed by atoms with van der Waals surface area (Å²) in [6.45, 7) is 0. The van der Waals surface area contributed by atoms with Crippen LogP contribution in [0.25, 0.3) is 0 Å². The van der Waals surface area contributed by atoms with Gasteiger partial charge in [0.2, 0.25) is 0 Å². The molecule has 3 rings (SSSR count). The van der Waals surface area contributed by atoms with E-state index in [2.05, 4.69) is 11.2 Å². The van der Waals surface area contributed by atoms with E-state index in [1.807, 2.05) is 24.3 Å². The fraction of sp³-hybridized carbons (Fsp3) is 0.0909. The van der Waals surface area contributed by atoms with Crippen molar-refractivity contribution in [2.24, 2.45) is 0 Å². The van der Waals surface area contributed by atoms with Crippen LogP contribution in [0.15, 0.2) is 24.3 Å². The van der Waals surface area contributed by atoms with Gasteiger partial charge in [0.05, 0.1) is 7.11 Å². The molecule has 0 unspecified atom stereocenters. The maximum absolute atomic E-state index is 10.7. The molecule has 2 aliphatic carbocycles. The van der Waals surface area contributed by atoms with Gasteiger partial charge in [-0.3, -0.25) is 4.79 Å². The smallest absolute Gasteiger partial charge is 0.383 e. The largest absolute Gasteiger partial charge is 0.459 e. The molecule has 0 saturated carbocycles. The van der Waals surface area contributed by atoms with Gasteiger partial charge >= 0.3 is 5.97 Å². The van der Waals surface area contributed by atoms with E-state index in [4.69, 9.17) is 0 Å². The van der Waals surface area contributed by atoms with Gasteiger partial charge in [0.1, 0.15) is 0 Å². The van der Waals surface area contributed by atoms with Gasteiger partial charge < -0.3 is 4.74 Å². The lowest BCUT2D eigenvalue weighted by molar-refractivity contribution is -0.133. The molecule has 0 N–H and O–H groups in total. The molecule has 0 saturated heterocycles. The molecular weight excluding hydrogens is 180 g/mol. The van der Waals surface area contributed by atoms with E-state index >= 15 is 0 Å². The zero-order valence-electron chi connectivity index (χ0n) is 7.61. The maximum Gasteiger partial charge on any atom is 0.383 e. The number of methoxy groups -OCH3 is 1. The summed E-state index contributed by atoms with van der Waals surface area (Å²) < 4.78 is 4.02. The molecule has 2 aliphatic rings. The van der Waals surface area contributed by atoms with Crippen LogP contribution >= 0.6 is 0 Å². The molecule has 0 fully saturated rings. The van der Waals surface area contributed by atoms with Gasteiger partial charge in [-0.15, -0.1) is 6.42 Å². The molecule has 0 aliphatic heterocycles. The first-order chi connectivity index (χ1) is 6.69. The Morgan fingerprint density at radius 1 is 1.43 bits per heavy atom. The van der Waals surface area contributed by atoms with E-state index in [0.717, 1.165) is 11.1 Å². The van der Waals surface area contributed by atoms with E-state index < -0.39 is 5.97 Å². The lowest BCUT2D eigenvalue weighted by Crippen LogP contribution is -2.10. The number of ketones is 1. The van der Waals surface area contributed by atoms with Gasteiger partial charge in [0.15, 0.2) is 5.78 Å². The molecule has 3 heteroatoms. The van der Waals surface area contributed by atoms with Gasteiger partial charge in [-0.25, -0.2) is 4.79 Å². The Labute approximate surface area is 81.7 Å². The van der Waals surface area contributed by atoms with Gasteiger partial charge in [-0.05, 0) is 6.07 Å². The topological polar surface area (TPSA) is 43.4 Å². The molecule has 2 bridgehead atoms. The normalized spacial score (nSPS) is 10.1. The predicted octanol–water partition coefficient (Wildman–Crippen LogP) is 1.02. The quantitative estimate of drug-likeness (QED) is 0.352. The number of rotatable bonds is 0. The first kappa shape index (κ1) is 10.0. The number of hydrogen-bond donors (Lipinski definition) is 0. The minimum atomic E-state index is -0.630. The summed E-state index contributed by atoms with van der Waals surface area (Å²) in [5.41, 5.74) is 1.70.